The normalized spacial score (nSPS) is 11.3. The summed E-state index contributed by atoms with van der Waals surface area (Å²) in [6.45, 7) is 3.35. The van der Waals surface area contributed by atoms with E-state index >= 15 is 0 Å². The van der Waals surface area contributed by atoms with Crippen LogP contribution < -0.4 is 0 Å². The number of ketones is 1. The molecule has 3 nitrogen and oxygen atoms in total. The summed E-state index contributed by atoms with van der Waals surface area (Å²) in [5.41, 5.74) is 1.59. The third-order valence-corrected chi connectivity index (χ3v) is 1.39. The SMILES string of the molecule is CC(=O)/C=C(/C)c1cnccn1. The van der Waals surface area contributed by atoms with Crippen LogP contribution in [0.3, 0.4) is 0 Å². The topological polar surface area (TPSA) is 42.9 Å². The van der Waals surface area contributed by atoms with E-state index in [4.69, 9.17) is 0 Å². The molecule has 0 aliphatic rings. The number of allylic oxidation sites excluding steroid dienone is 2. The molecule has 0 spiro atoms. The van der Waals surface area contributed by atoms with Gasteiger partial charge in [0.2, 0.25) is 0 Å². The molecule has 12 heavy (non-hydrogen) atoms. The minimum atomic E-state index is 0.0261. The summed E-state index contributed by atoms with van der Waals surface area (Å²) in [4.78, 5) is 18.7. The maximum absolute atomic E-state index is 10.7. The van der Waals surface area contributed by atoms with E-state index in [9.17, 15) is 4.79 Å². The lowest BCUT2D eigenvalue weighted by Gasteiger charge is -1.96. The molecule has 0 aliphatic carbocycles. The van der Waals surface area contributed by atoms with E-state index in [1.54, 1.807) is 24.7 Å². The molecule has 0 bridgehead atoms. The molecule has 1 aromatic heterocycles. The number of carbonyl (C=O) groups excluding carboxylic acids is 1. The summed E-state index contributed by atoms with van der Waals surface area (Å²) >= 11 is 0. The molecule has 0 aliphatic heterocycles. The predicted molar refractivity (Wildman–Crippen MR) is 46.4 cm³/mol. The van der Waals surface area contributed by atoms with E-state index in [2.05, 4.69) is 9.97 Å². The largest absolute Gasteiger partial charge is 0.295 e. The van der Waals surface area contributed by atoms with Crippen molar-refractivity contribution in [3.05, 3.63) is 30.4 Å². The van der Waals surface area contributed by atoms with Gasteiger partial charge in [0.15, 0.2) is 5.78 Å². The Hall–Kier alpha value is -1.51. The molecule has 1 heterocycles. The molecule has 1 rings (SSSR count). The van der Waals surface area contributed by atoms with Gasteiger partial charge in [0.05, 0.1) is 11.9 Å². The molecule has 62 valence electrons. The fourth-order valence-electron chi connectivity index (χ4n) is 0.882. The zero-order valence-corrected chi connectivity index (χ0v) is 7.11. The second kappa shape index (κ2) is 3.76. The standard InChI is InChI=1S/C9H10N2O/c1-7(5-8(2)12)9-6-10-3-4-11-9/h3-6H,1-2H3/b7-5-. The third-order valence-electron chi connectivity index (χ3n) is 1.39. The van der Waals surface area contributed by atoms with Gasteiger partial charge in [-0.15, -0.1) is 0 Å². The number of nitrogens with zero attached hydrogens (tertiary/aromatic N) is 2. The zero-order valence-electron chi connectivity index (χ0n) is 7.11. The minimum absolute atomic E-state index is 0.0261. The van der Waals surface area contributed by atoms with Gasteiger partial charge in [0.1, 0.15) is 0 Å². The Morgan fingerprint density at radius 2 is 2.17 bits per heavy atom. The fourth-order valence-corrected chi connectivity index (χ4v) is 0.882. The number of carbonyl (C=O) groups is 1. The Morgan fingerprint density at radius 3 is 2.67 bits per heavy atom. The number of hydrogen-bond acceptors (Lipinski definition) is 3. The molecule has 0 saturated carbocycles. The lowest BCUT2D eigenvalue weighted by Crippen LogP contribution is -1.89. The molecule has 1 aromatic rings. The molecule has 3 heteroatoms. The van der Waals surface area contributed by atoms with Gasteiger partial charge >= 0.3 is 0 Å². The van der Waals surface area contributed by atoms with Gasteiger partial charge in [-0.2, -0.15) is 0 Å². The highest BCUT2D eigenvalue weighted by Gasteiger charge is 1.96. The van der Waals surface area contributed by atoms with Gasteiger partial charge in [-0.3, -0.25) is 14.8 Å². The first-order chi connectivity index (χ1) is 5.70. The van der Waals surface area contributed by atoms with Crippen LogP contribution in [0.25, 0.3) is 5.57 Å². The van der Waals surface area contributed by atoms with Crippen molar-refractivity contribution in [1.29, 1.82) is 0 Å². The van der Waals surface area contributed by atoms with Crippen LogP contribution >= 0.6 is 0 Å². The van der Waals surface area contributed by atoms with E-state index in [1.807, 2.05) is 6.92 Å². The first-order valence-corrected chi connectivity index (χ1v) is 3.65. The van der Waals surface area contributed by atoms with Crippen molar-refractivity contribution in [3.63, 3.8) is 0 Å². The highest BCUT2D eigenvalue weighted by Crippen LogP contribution is 2.07. The summed E-state index contributed by atoms with van der Waals surface area (Å²) < 4.78 is 0. The highest BCUT2D eigenvalue weighted by atomic mass is 16.1. The fraction of sp³-hybridized carbons (Fsp3) is 0.222. The molecule has 0 saturated heterocycles. The average Bonchev–Trinajstić information content (AvgIpc) is 2.05. The molecule has 0 aromatic carbocycles. The summed E-state index contributed by atoms with van der Waals surface area (Å²) in [6, 6.07) is 0. The second-order valence-corrected chi connectivity index (χ2v) is 2.53. The van der Waals surface area contributed by atoms with Crippen molar-refractivity contribution in [2.75, 3.05) is 0 Å². The van der Waals surface area contributed by atoms with E-state index in [1.165, 1.54) is 6.92 Å². The molecule has 0 unspecified atom stereocenters. The lowest BCUT2D eigenvalue weighted by atomic mass is 10.2. The van der Waals surface area contributed by atoms with Gasteiger partial charge in [-0.05, 0) is 25.5 Å². The first kappa shape index (κ1) is 8.59. The molecule has 0 radical (unpaired) electrons. The van der Waals surface area contributed by atoms with Crippen LogP contribution in [0.15, 0.2) is 24.7 Å². The average molecular weight is 162 g/mol. The van der Waals surface area contributed by atoms with Crippen LogP contribution in [-0.2, 0) is 4.79 Å². The van der Waals surface area contributed by atoms with Crippen LogP contribution in [0.5, 0.6) is 0 Å². The summed E-state index contributed by atoms with van der Waals surface area (Å²) in [5, 5.41) is 0. The van der Waals surface area contributed by atoms with Crippen molar-refractivity contribution in [2.24, 2.45) is 0 Å². The van der Waals surface area contributed by atoms with Crippen molar-refractivity contribution in [2.45, 2.75) is 13.8 Å². The lowest BCUT2D eigenvalue weighted by molar-refractivity contribution is -0.112. The molecule has 0 amide bonds. The third kappa shape index (κ3) is 2.27. The van der Waals surface area contributed by atoms with E-state index in [-0.39, 0.29) is 5.78 Å². The van der Waals surface area contributed by atoms with Crippen LogP contribution in [-0.4, -0.2) is 15.8 Å². The predicted octanol–water partition coefficient (Wildman–Crippen LogP) is 1.47. The van der Waals surface area contributed by atoms with Gasteiger partial charge in [-0.25, -0.2) is 0 Å². The van der Waals surface area contributed by atoms with Gasteiger partial charge in [0, 0.05) is 12.4 Å². The summed E-state index contributed by atoms with van der Waals surface area (Å²) in [5.74, 6) is 0.0261. The Bertz CT molecular complexity index is 304. The maximum Gasteiger partial charge on any atom is 0.152 e. The zero-order chi connectivity index (χ0) is 8.97. The van der Waals surface area contributed by atoms with Crippen molar-refractivity contribution >= 4 is 11.4 Å². The quantitative estimate of drug-likeness (QED) is 0.618. The molecular weight excluding hydrogens is 152 g/mol. The number of rotatable bonds is 2. The Balaban J connectivity index is 2.93. The first-order valence-electron chi connectivity index (χ1n) is 3.65. The van der Waals surface area contributed by atoms with Crippen molar-refractivity contribution in [3.8, 4) is 0 Å². The van der Waals surface area contributed by atoms with Crippen LogP contribution in [0.1, 0.15) is 19.5 Å². The van der Waals surface area contributed by atoms with E-state index in [0.29, 0.717) is 0 Å². The molecule has 0 N–H and O–H groups in total. The van der Waals surface area contributed by atoms with Gasteiger partial charge in [-0.1, -0.05) is 0 Å². The smallest absolute Gasteiger partial charge is 0.152 e. The van der Waals surface area contributed by atoms with Crippen LogP contribution in [0.2, 0.25) is 0 Å². The Kier molecular flexibility index (Phi) is 2.69. The summed E-state index contributed by atoms with van der Waals surface area (Å²) in [6.07, 6.45) is 6.39. The summed E-state index contributed by atoms with van der Waals surface area (Å²) in [7, 11) is 0. The van der Waals surface area contributed by atoms with Crippen LogP contribution in [0, 0.1) is 0 Å². The maximum atomic E-state index is 10.7. The number of aromatic nitrogens is 2. The Morgan fingerprint density at radius 1 is 1.42 bits per heavy atom. The van der Waals surface area contributed by atoms with E-state index in [0.717, 1.165) is 11.3 Å². The minimum Gasteiger partial charge on any atom is -0.295 e. The van der Waals surface area contributed by atoms with E-state index < -0.39 is 0 Å². The Labute approximate surface area is 71.2 Å². The number of hydrogen-bond donors (Lipinski definition) is 0. The second-order valence-electron chi connectivity index (χ2n) is 2.53. The monoisotopic (exact) mass is 162 g/mol. The molecular formula is C9H10N2O. The van der Waals surface area contributed by atoms with Crippen molar-refractivity contribution < 1.29 is 4.79 Å². The van der Waals surface area contributed by atoms with Crippen molar-refractivity contribution in [1.82, 2.24) is 9.97 Å². The molecule has 0 fully saturated rings. The van der Waals surface area contributed by atoms with Gasteiger partial charge in [0.25, 0.3) is 0 Å². The highest BCUT2D eigenvalue weighted by molar-refractivity contribution is 5.94. The molecule has 0 atom stereocenters. The van der Waals surface area contributed by atoms with Gasteiger partial charge < -0.3 is 0 Å². The van der Waals surface area contributed by atoms with Crippen LogP contribution in [0.4, 0.5) is 0 Å².